The molecule has 0 fully saturated rings. The Morgan fingerprint density at radius 1 is 1.25 bits per heavy atom. The van der Waals surface area contributed by atoms with Gasteiger partial charge in [-0.05, 0) is 29.9 Å². The van der Waals surface area contributed by atoms with Gasteiger partial charge in [0.25, 0.3) is 0 Å². The van der Waals surface area contributed by atoms with Crippen LogP contribution in [0.4, 0.5) is 0 Å². The number of halogens is 1. The van der Waals surface area contributed by atoms with Crippen molar-refractivity contribution in [1.29, 1.82) is 0 Å². The molecule has 0 saturated heterocycles. The van der Waals surface area contributed by atoms with Crippen molar-refractivity contribution in [3.8, 4) is 0 Å². The van der Waals surface area contributed by atoms with E-state index in [1.807, 2.05) is 23.9 Å². The molecular formula is C10H12ClS. The summed E-state index contributed by atoms with van der Waals surface area (Å²) in [4.78, 5) is 0. The third-order valence-corrected chi connectivity index (χ3v) is 2.84. The van der Waals surface area contributed by atoms with Crippen LogP contribution in [0.2, 0.25) is 5.02 Å². The van der Waals surface area contributed by atoms with Crippen molar-refractivity contribution < 1.29 is 0 Å². The summed E-state index contributed by atoms with van der Waals surface area (Å²) in [6.07, 6.45) is 0.998. The molecule has 0 atom stereocenters. The lowest BCUT2D eigenvalue weighted by atomic mass is 10.2. The number of thioether (sulfide) groups is 1. The van der Waals surface area contributed by atoms with E-state index < -0.39 is 0 Å². The van der Waals surface area contributed by atoms with Crippen LogP contribution in [0.5, 0.6) is 0 Å². The van der Waals surface area contributed by atoms with Gasteiger partial charge in [0.1, 0.15) is 0 Å². The van der Waals surface area contributed by atoms with E-state index in [1.165, 1.54) is 5.56 Å². The summed E-state index contributed by atoms with van der Waals surface area (Å²) in [5.41, 5.74) is 1.33. The Hall–Kier alpha value is -0.140. The van der Waals surface area contributed by atoms with Gasteiger partial charge in [0.2, 0.25) is 0 Å². The monoisotopic (exact) mass is 199 g/mol. The first-order chi connectivity index (χ1) is 5.83. The predicted octanol–water partition coefficient (Wildman–Crippen LogP) is 3.80. The van der Waals surface area contributed by atoms with Gasteiger partial charge in [0.05, 0.1) is 0 Å². The molecule has 0 saturated carbocycles. The second-order valence-corrected chi connectivity index (χ2v) is 4.07. The van der Waals surface area contributed by atoms with Crippen LogP contribution in [0.25, 0.3) is 0 Å². The Morgan fingerprint density at radius 3 is 2.50 bits per heavy atom. The highest BCUT2D eigenvalue weighted by molar-refractivity contribution is 7.98. The SMILES string of the molecule is [CH2]CCSCc1ccc(Cl)cc1. The highest BCUT2D eigenvalue weighted by Crippen LogP contribution is 2.15. The maximum Gasteiger partial charge on any atom is 0.0406 e. The summed E-state index contributed by atoms with van der Waals surface area (Å²) in [6.45, 7) is 3.79. The minimum atomic E-state index is 0.806. The molecular weight excluding hydrogens is 188 g/mol. The van der Waals surface area contributed by atoms with E-state index in [9.17, 15) is 0 Å². The number of hydrogen-bond donors (Lipinski definition) is 0. The van der Waals surface area contributed by atoms with E-state index in [-0.39, 0.29) is 0 Å². The lowest BCUT2D eigenvalue weighted by Gasteiger charge is -1.99. The summed E-state index contributed by atoms with van der Waals surface area (Å²) < 4.78 is 0. The molecule has 2 heteroatoms. The molecule has 0 unspecified atom stereocenters. The van der Waals surface area contributed by atoms with Gasteiger partial charge in [0.15, 0.2) is 0 Å². The van der Waals surface area contributed by atoms with E-state index in [0.717, 1.165) is 22.9 Å². The molecule has 0 heterocycles. The normalized spacial score (nSPS) is 10.2. The first-order valence-electron chi connectivity index (χ1n) is 3.94. The first-order valence-corrected chi connectivity index (χ1v) is 5.47. The van der Waals surface area contributed by atoms with Crippen LogP contribution in [0.3, 0.4) is 0 Å². The molecule has 0 bridgehead atoms. The van der Waals surface area contributed by atoms with Crippen LogP contribution >= 0.6 is 23.4 Å². The first kappa shape index (κ1) is 9.94. The van der Waals surface area contributed by atoms with E-state index >= 15 is 0 Å². The Kier molecular flexibility index (Phi) is 4.55. The molecule has 65 valence electrons. The molecule has 1 aromatic carbocycles. The molecule has 0 nitrogen and oxygen atoms in total. The van der Waals surface area contributed by atoms with Crippen LogP contribution in [0, 0.1) is 6.92 Å². The van der Waals surface area contributed by atoms with E-state index in [0.29, 0.717) is 0 Å². The molecule has 12 heavy (non-hydrogen) atoms. The minimum Gasteiger partial charge on any atom is -0.157 e. The van der Waals surface area contributed by atoms with Crippen LogP contribution < -0.4 is 0 Å². The molecule has 1 rings (SSSR count). The fraction of sp³-hybridized carbons (Fsp3) is 0.300. The maximum absolute atomic E-state index is 5.76. The quantitative estimate of drug-likeness (QED) is 0.665. The van der Waals surface area contributed by atoms with E-state index in [2.05, 4.69) is 19.1 Å². The standard InChI is InChI=1S/C10H12ClS/c1-2-7-12-8-9-3-5-10(11)6-4-9/h3-6H,1-2,7-8H2. The summed E-state index contributed by atoms with van der Waals surface area (Å²) in [5, 5.41) is 0.806. The zero-order valence-electron chi connectivity index (χ0n) is 6.92. The summed E-state index contributed by atoms with van der Waals surface area (Å²) in [7, 11) is 0. The van der Waals surface area contributed by atoms with E-state index in [1.54, 1.807) is 0 Å². The summed E-state index contributed by atoms with van der Waals surface area (Å²) in [5.74, 6) is 2.19. The molecule has 0 aliphatic heterocycles. The topological polar surface area (TPSA) is 0 Å². The second kappa shape index (κ2) is 5.50. The van der Waals surface area contributed by atoms with Gasteiger partial charge < -0.3 is 0 Å². The number of hydrogen-bond acceptors (Lipinski definition) is 1. The van der Waals surface area contributed by atoms with Gasteiger partial charge in [-0.15, -0.1) is 0 Å². The Labute approximate surface area is 83.3 Å². The lowest BCUT2D eigenvalue weighted by Crippen LogP contribution is -1.81. The van der Waals surface area contributed by atoms with Crippen molar-refractivity contribution in [3.05, 3.63) is 41.8 Å². The molecule has 0 aliphatic rings. The van der Waals surface area contributed by atoms with Crippen molar-refractivity contribution >= 4 is 23.4 Å². The third-order valence-electron chi connectivity index (χ3n) is 1.47. The summed E-state index contributed by atoms with van der Waals surface area (Å²) >= 11 is 7.66. The van der Waals surface area contributed by atoms with Crippen molar-refractivity contribution in [1.82, 2.24) is 0 Å². The number of rotatable bonds is 4. The largest absolute Gasteiger partial charge is 0.157 e. The lowest BCUT2D eigenvalue weighted by molar-refractivity contribution is 1.24. The van der Waals surface area contributed by atoms with Gasteiger partial charge in [-0.25, -0.2) is 0 Å². The van der Waals surface area contributed by atoms with Crippen LogP contribution in [0.1, 0.15) is 12.0 Å². The Bertz CT molecular complexity index is 218. The second-order valence-electron chi connectivity index (χ2n) is 2.53. The van der Waals surface area contributed by atoms with E-state index in [4.69, 9.17) is 11.6 Å². The van der Waals surface area contributed by atoms with Crippen molar-refractivity contribution in [2.45, 2.75) is 12.2 Å². The molecule has 0 aliphatic carbocycles. The van der Waals surface area contributed by atoms with Gasteiger partial charge in [-0.2, -0.15) is 11.8 Å². The zero-order chi connectivity index (χ0) is 8.81. The molecule has 0 aromatic heterocycles. The van der Waals surface area contributed by atoms with Gasteiger partial charge in [-0.1, -0.05) is 30.7 Å². The van der Waals surface area contributed by atoms with Crippen LogP contribution in [-0.4, -0.2) is 5.75 Å². The Morgan fingerprint density at radius 2 is 1.92 bits per heavy atom. The van der Waals surface area contributed by atoms with Crippen molar-refractivity contribution in [2.24, 2.45) is 0 Å². The molecule has 0 amide bonds. The summed E-state index contributed by atoms with van der Waals surface area (Å²) in [6, 6.07) is 8.00. The minimum absolute atomic E-state index is 0.806. The number of benzene rings is 1. The van der Waals surface area contributed by atoms with Crippen molar-refractivity contribution in [3.63, 3.8) is 0 Å². The average molecular weight is 200 g/mol. The van der Waals surface area contributed by atoms with Gasteiger partial charge >= 0.3 is 0 Å². The highest BCUT2D eigenvalue weighted by atomic mass is 35.5. The zero-order valence-corrected chi connectivity index (χ0v) is 8.50. The third kappa shape index (κ3) is 3.51. The molecule has 1 aromatic rings. The van der Waals surface area contributed by atoms with Crippen LogP contribution in [0.15, 0.2) is 24.3 Å². The highest BCUT2D eigenvalue weighted by Gasteiger charge is 1.92. The van der Waals surface area contributed by atoms with Crippen molar-refractivity contribution in [2.75, 3.05) is 5.75 Å². The molecule has 0 N–H and O–H groups in total. The van der Waals surface area contributed by atoms with Crippen LogP contribution in [-0.2, 0) is 5.75 Å². The Balaban J connectivity index is 2.37. The fourth-order valence-electron chi connectivity index (χ4n) is 0.873. The smallest absolute Gasteiger partial charge is 0.0406 e. The fourth-order valence-corrected chi connectivity index (χ4v) is 1.78. The van der Waals surface area contributed by atoms with Gasteiger partial charge in [-0.3, -0.25) is 0 Å². The van der Waals surface area contributed by atoms with Gasteiger partial charge in [0, 0.05) is 10.8 Å². The predicted molar refractivity (Wildman–Crippen MR) is 57.6 cm³/mol. The maximum atomic E-state index is 5.76. The molecule has 0 spiro atoms. The average Bonchev–Trinajstić information content (AvgIpc) is 2.09. The molecule has 1 radical (unpaired) electrons.